The lowest BCUT2D eigenvalue weighted by atomic mass is 9.83. The van der Waals surface area contributed by atoms with E-state index in [4.69, 9.17) is 0 Å². The maximum absolute atomic E-state index is 12.8. The Morgan fingerprint density at radius 2 is 2.07 bits per heavy atom. The Morgan fingerprint density at radius 3 is 2.82 bits per heavy atom. The minimum atomic E-state index is -0.232. The standard InChI is InChI=1S/C22H31N3O3/c26-18-8-9-25(13-18)14-20(16-4-2-1-3-5-16)24-21(27)11-15-6-7-17-12-22(28)23-19(17)10-15/h6-7,10,16,18,20,26H,1-5,8-9,11-14H2,(H,23,28)(H,24,27)/t18?,20-/m1/s1. The second-order valence-corrected chi connectivity index (χ2v) is 8.67. The number of fused-ring (bicyclic) bond motifs is 1. The van der Waals surface area contributed by atoms with Gasteiger partial charge in [0.25, 0.3) is 0 Å². The first kappa shape index (κ1) is 19.4. The molecule has 1 aliphatic carbocycles. The number of carbonyl (C=O) groups is 2. The van der Waals surface area contributed by atoms with E-state index in [1.54, 1.807) is 0 Å². The van der Waals surface area contributed by atoms with Crippen LogP contribution in [0.25, 0.3) is 0 Å². The Bertz CT molecular complexity index is 730. The number of benzene rings is 1. The van der Waals surface area contributed by atoms with Crippen LogP contribution in [-0.4, -0.2) is 53.6 Å². The molecule has 3 aliphatic rings. The molecule has 1 saturated carbocycles. The molecule has 6 nitrogen and oxygen atoms in total. The third-order valence-electron chi connectivity index (χ3n) is 6.43. The molecule has 0 aromatic heterocycles. The zero-order valence-electron chi connectivity index (χ0n) is 16.5. The van der Waals surface area contributed by atoms with Gasteiger partial charge in [-0.05, 0) is 42.4 Å². The molecular weight excluding hydrogens is 354 g/mol. The zero-order chi connectivity index (χ0) is 19.5. The maximum atomic E-state index is 12.8. The van der Waals surface area contributed by atoms with Gasteiger partial charge in [0.05, 0.1) is 18.9 Å². The molecule has 0 bridgehead atoms. The summed E-state index contributed by atoms with van der Waals surface area (Å²) in [4.78, 5) is 26.6. The van der Waals surface area contributed by atoms with E-state index in [0.29, 0.717) is 25.3 Å². The number of aliphatic hydroxyl groups is 1. The van der Waals surface area contributed by atoms with Gasteiger partial charge in [0.2, 0.25) is 11.8 Å². The molecule has 1 unspecified atom stereocenters. The number of carbonyl (C=O) groups excluding carboxylic acids is 2. The highest BCUT2D eigenvalue weighted by molar-refractivity contribution is 5.99. The van der Waals surface area contributed by atoms with E-state index < -0.39 is 0 Å². The third kappa shape index (κ3) is 4.73. The summed E-state index contributed by atoms with van der Waals surface area (Å²) >= 11 is 0. The molecule has 0 spiro atoms. The number of hydrogen-bond donors (Lipinski definition) is 3. The van der Waals surface area contributed by atoms with Gasteiger partial charge >= 0.3 is 0 Å². The van der Waals surface area contributed by atoms with Gasteiger partial charge in [0, 0.05) is 31.4 Å². The van der Waals surface area contributed by atoms with Crippen molar-refractivity contribution in [2.24, 2.45) is 5.92 Å². The van der Waals surface area contributed by atoms with E-state index in [-0.39, 0.29) is 24.0 Å². The van der Waals surface area contributed by atoms with Gasteiger partial charge in [-0.25, -0.2) is 0 Å². The lowest BCUT2D eigenvalue weighted by Gasteiger charge is -2.33. The van der Waals surface area contributed by atoms with Crippen LogP contribution in [0.15, 0.2) is 18.2 Å². The first-order chi connectivity index (χ1) is 13.6. The van der Waals surface area contributed by atoms with E-state index >= 15 is 0 Å². The molecule has 2 amide bonds. The van der Waals surface area contributed by atoms with Crippen LogP contribution < -0.4 is 10.6 Å². The average Bonchev–Trinajstić information content (AvgIpc) is 3.25. The summed E-state index contributed by atoms with van der Waals surface area (Å²) in [5.41, 5.74) is 2.77. The van der Waals surface area contributed by atoms with Gasteiger partial charge in [-0.3, -0.25) is 14.5 Å². The highest BCUT2D eigenvalue weighted by Gasteiger charge is 2.30. The van der Waals surface area contributed by atoms with Crippen molar-refractivity contribution in [2.45, 2.75) is 63.5 Å². The van der Waals surface area contributed by atoms with Crippen molar-refractivity contribution in [2.75, 3.05) is 25.0 Å². The summed E-state index contributed by atoms with van der Waals surface area (Å²) in [6, 6.07) is 5.96. The second kappa shape index (κ2) is 8.62. The van der Waals surface area contributed by atoms with Gasteiger partial charge in [-0.15, -0.1) is 0 Å². The predicted molar refractivity (Wildman–Crippen MR) is 108 cm³/mol. The molecule has 4 rings (SSSR count). The van der Waals surface area contributed by atoms with Crippen molar-refractivity contribution >= 4 is 17.5 Å². The first-order valence-electron chi connectivity index (χ1n) is 10.7. The number of nitrogens with one attached hydrogen (secondary N) is 2. The van der Waals surface area contributed by atoms with Crippen molar-refractivity contribution in [1.29, 1.82) is 0 Å². The maximum Gasteiger partial charge on any atom is 0.228 e. The lowest BCUT2D eigenvalue weighted by molar-refractivity contribution is -0.121. The van der Waals surface area contributed by atoms with Crippen LogP contribution in [0, 0.1) is 5.92 Å². The Hall–Kier alpha value is -1.92. The number of amides is 2. The topological polar surface area (TPSA) is 81.7 Å². The molecule has 3 N–H and O–H groups in total. The van der Waals surface area contributed by atoms with E-state index in [0.717, 1.165) is 36.3 Å². The summed E-state index contributed by atoms with van der Waals surface area (Å²) < 4.78 is 0. The number of aliphatic hydroxyl groups excluding tert-OH is 1. The average molecular weight is 386 g/mol. The highest BCUT2D eigenvalue weighted by Crippen LogP contribution is 2.28. The van der Waals surface area contributed by atoms with Gasteiger partial charge in [-0.1, -0.05) is 31.4 Å². The van der Waals surface area contributed by atoms with Gasteiger partial charge < -0.3 is 15.7 Å². The largest absolute Gasteiger partial charge is 0.392 e. The monoisotopic (exact) mass is 385 g/mol. The normalized spacial score (nSPS) is 24.0. The second-order valence-electron chi connectivity index (χ2n) is 8.67. The van der Waals surface area contributed by atoms with Crippen molar-refractivity contribution in [1.82, 2.24) is 10.2 Å². The zero-order valence-corrected chi connectivity index (χ0v) is 16.5. The molecule has 2 aliphatic heterocycles. The molecular formula is C22H31N3O3. The molecule has 1 saturated heterocycles. The number of hydrogen-bond acceptors (Lipinski definition) is 4. The van der Waals surface area contributed by atoms with E-state index in [9.17, 15) is 14.7 Å². The molecule has 152 valence electrons. The van der Waals surface area contributed by atoms with Crippen LogP contribution in [0.4, 0.5) is 5.69 Å². The van der Waals surface area contributed by atoms with Gasteiger partial charge in [0.15, 0.2) is 0 Å². The molecule has 2 heterocycles. The predicted octanol–water partition coefficient (Wildman–Crippen LogP) is 1.86. The van der Waals surface area contributed by atoms with Crippen molar-refractivity contribution in [3.05, 3.63) is 29.3 Å². The number of likely N-dealkylation sites (tertiary alicyclic amines) is 1. The number of rotatable bonds is 6. The Labute approximate surface area is 166 Å². The van der Waals surface area contributed by atoms with Crippen molar-refractivity contribution in [3.63, 3.8) is 0 Å². The SMILES string of the molecule is O=C1Cc2ccc(CC(=O)N[C@H](CN3CCC(O)C3)C3CCCCC3)cc2N1. The number of β-amino-alcohol motifs (C(OH)–C–C–N with tert-alkyl or cyclic N) is 1. The van der Waals surface area contributed by atoms with E-state index in [2.05, 4.69) is 15.5 Å². The van der Waals surface area contributed by atoms with Crippen LogP contribution in [0.3, 0.4) is 0 Å². The fraction of sp³-hybridized carbons (Fsp3) is 0.636. The molecule has 6 heteroatoms. The van der Waals surface area contributed by atoms with Crippen molar-refractivity contribution in [3.8, 4) is 0 Å². The summed E-state index contributed by atoms with van der Waals surface area (Å²) in [5, 5.41) is 16.0. The van der Waals surface area contributed by atoms with Gasteiger partial charge in [-0.2, -0.15) is 0 Å². The molecule has 1 aromatic rings. The summed E-state index contributed by atoms with van der Waals surface area (Å²) in [6.07, 6.45) is 7.46. The van der Waals surface area contributed by atoms with E-state index in [1.165, 1.54) is 32.1 Å². The Balaban J connectivity index is 1.38. The summed E-state index contributed by atoms with van der Waals surface area (Å²) in [5.74, 6) is 0.580. The Kier molecular flexibility index (Phi) is 5.97. The fourth-order valence-corrected chi connectivity index (χ4v) is 4.92. The smallest absolute Gasteiger partial charge is 0.228 e. The highest BCUT2D eigenvalue weighted by atomic mass is 16.3. The fourth-order valence-electron chi connectivity index (χ4n) is 4.92. The summed E-state index contributed by atoms with van der Waals surface area (Å²) in [6.45, 7) is 2.45. The molecule has 2 atom stereocenters. The quantitative estimate of drug-likeness (QED) is 0.698. The summed E-state index contributed by atoms with van der Waals surface area (Å²) in [7, 11) is 0. The van der Waals surface area contributed by atoms with Crippen LogP contribution >= 0.6 is 0 Å². The number of anilines is 1. The molecule has 28 heavy (non-hydrogen) atoms. The van der Waals surface area contributed by atoms with Crippen LogP contribution in [-0.2, 0) is 22.4 Å². The van der Waals surface area contributed by atoms with E-state index in [1.807, 2.05) is 18.2 Å². The van der Waals surface area contributed by atoms with Gasteiger partial charge in [0.1, 0.15) is 0 Å². The molecule has 1 aromatic carbocycles. The minimum absolute atomic E-state index is 0.0155. The van der Waals surface area contributed by atoms with Crippen LogP contribution in [0.1, 0.15) is 49.7 Å². The van der Waals surface area contributed by atoms with Crippen molar-refractivity contribution < 1.29 is 14.7 Å². The number of nitrogens with zero attached hydrogens (tertiary/aromatic N) is 1. The molecule has 0 radical (unpaired) electrons. The minimum Gasteiger partial charge on any atom is -0.392 e. The lowest BCUT2D eigenvalue weighted by Crippen LogP contribution is -2.48. The van der Waals surface area contributed by atoms with Crippen LogP contribution in [0.5, 0.6) is 0 Å². The first-order valence-corrected chi connectivity index (χ1v) is 10.7. The molecule has 2 fully saturated rings. The van der Waals surface area contributed by atoms with Crippen LogP contribution in [0.2, 0.25) is 0 Å². The Morgan fingerprint density at radius 1 is 1.25 bits per heavy atom. The third-order valence-corrected chi connectivity index (χ3v) is 6.43.